The van der Waals surface area contributed by atoms with E-state index in [1.165, 1.54) is 17.7 Å². The number of hydrogen-bond acceptors (Lipinski definition) is 2. The second-order valence-corrected chi connectivity index (χ2v) is 4.13. The molecule has 0 amide bonds. The van der Waals surface area contributed by atoms with Crippen molar-refractivity contribution in [2.75, 3.05) is 5.73 Å². The molecule has 1 aliphatic heterocycles. The third-order valence-corrected chi connectivity index (χ3v) is 2.76. The van der Waals surface area contributed by atoms with Crippen molar-refractivity contribution in [2.24, 2.45) is 0 Å². The molecule has 0 aromatic heterocycles. The topological polar surface area (TPSA) is 38.0 Å². The molecule has 0 fully saturated rings. The van der Waals surface area contributed by atoms with Gasteiger partial charge in [-0.1, -0.05) is 24.6 Å². The largest absolute Gasteiger partial charge is 0.436 e. The molecule has 0 radical (unpaired) electrons. The van der Waals surface area contributed by atoms with E-state index in [4.69, 9.17) is 5.73 Å². The second-order valence-electron chi connectivity index (χ2n) is 4.13. The van der Waals surface area contributed by atoms with Crippen LogP contribution in [0.3, 0.4) is 0 Å². The first-order valence-corrected chi connectivity index (χ1v) is 5.65. The quantitative estimate of drug-likeness (QED) is 0.471. The van der Waals surface area contributed by atoms with Gasteiger partial charge in [-0.3, -0.25) is 0 Å². The van der Waals surface area contributed by atoms with Gasteiger partial charge in [-0.2, -0.15) is 0 Å². The van der Waals surface area contributed by atoms with Crippen molar-refractivity contribution >= 4 is 11.3 Å². The van der Waals surface area contributed by atoms with E-state index in [1.54, 1.807) is 0 Å². The van der Waals surface area contributed by atoms with Crippen LogP contribution >= 0.6 is 0 Å². The molecule has 0 bridgehead atoms. The Kier molecular flexibility index (Phi) is 5.44. The van der Waals surface area contributed by atoms with Gasteiger partial charge in [0.2, 0.25) is 0 Å². The first-order valence-electron chi connectivity index (χ1n) is 5.65. The van der Waals surface area contributed by atoms with E-state index >= 15 is 0 Å². The van der Waals surface area contributed by atoms with E-state index in [0.29, 0.717) is 0 Å². The number of nitrogen functional groups attached to an aromatic ring is 1. The zero-order valence-electron chi connectivity index (χ0n) is 10.3. The molecule has 0 unspecified atom stereocenters. The third kappa shape index (κ3) is 4.01. The molecule has 2 rings (SSSR count). The molecule has 2 nitrogen and oxygen atoms in total. The van der Waals surface area contributed by atoms with E-state index in [1.807, 2.05) is 18.2 Å². The molecule has 0 saturated carbocycles. The van der Waals surface area contributed by atoms with Gasteiger partial charge in [-0.05, 0) is 19.5 Å². The van der Waals surface area contributed by atoms with Gasteiger partial charge in [0.1, 0.15) is 0 Å². The predicted octanol–water partition coefficient (Wildman–Crippen LogP) is 3.08. The minimum absolute atomic E-state index is 0. The van der Waals surface area contributed by atoms with Gasteiger partial charge >= 0.3 is 0 Å². The summed E-state index contributed by atoms with van der Waals surface area (Å²) in [6.07, 6.45) is 7.71. The first kappa shape index (κ1) is 14.0. The molecular weight excluding hydrogens is 262 g/mol. The van der Waals surface area contributed by atoms with Crippen molar-refractivity contribution in [2.45, 2.75) is 26.2 Å². The Bertz CT molecular complexity index is 418. The van der Waals surface area contributed by atoms with E-state index in [0.717, 1.165) is 24.1 Å². The van der Waals surface area contributed by atoms with Crippen LogP contribution in [0.2, 0.25) is 0 Å². The summed E-state index contributed by atoms with van der Waals surface area (Å²) in [6.45, 7) is 2.09. The number of nitrogens with two attached hydrogens (primary N) is 1. The zero-order valence-corrected chi connectivity index (χ0v) is 13.3. The van der Waals surface area contributed by atoms with Crippen LogP contribution in [0, 0.1) is 6.07 Å². The number of nitrogens with one attached hydrogen (secondary N) is 1. The van der Waals surface area contributed by atoms with E-state index in [-0.39, 0.29) is 19.5 Å². The molecule has 3 N–H and O–H groups in total. The molecule has 0 atom stereocenters. The summed E-state index contributed by atoms with van der Waals surface area (Å²) >= 11 is 0. The third-order valence-electron chi connectivity index (χ3n) is 2.76. The van der Waals surface area contributed by atoms with Crippen LogP contribution in [0.1, 0.15) is 31.7 Å². The molecule has 1 aromatic carbocycles. The second kappa shape index (κ2) is 6.61. The molecule has 86 valence electrons. The van der Waals surface area contributed by atoms with Gasteiger partial charge in [0.05, 0.1) is 0 Å². The molecular formula is C14H17N2Zn-. The smallest absolute Gasteiger partial charge is 0.00674 e. The van der Waals surface area contributed by atoms with Crippen molar-refractivity contribution in [3.63, 3.8) is 0 Å². The van der Waals surface area contributed by atoms with Gasteiger partial charge in [0, 0.05) is 25.2 Å². The Morgan fingerprint density at radius 1 is 1.35 bits per heavy atom. The Hall–Kier alpha value is -1.08. The Morgan fingerprint density at radius 2 is 2.18 bits per heavy atom. The zero-order chi connectivity index (χ0) is 11.4. The van der Waals surface area contributed by atoms with Crippen LogP contribution in [0.4, 0.5) is 5.69 Å². The van der Waals surface area contributed by atoms with Crippen molar-refractivity contribution in [3.05, 3.63) is 47.8 Å². The maximum absolute atomic E-state index is 5.66. The monoisotopic (exact) mass is 277 g/mol. The number of hydrogen-bond donors (Lipinski definition) is 2. The normalized spacial score (nSPS) is 15.6. The Balaban J connectivity index is 0.00000144. The van der Waals surface area contributed by atoms with Crippen LogP contribution in [0.5, 0.6) is 0 Å². The fourth-order valence-corrected chi connectivity index (χ4v) is 1.79. The maximum Gasteiger partial charge on any atom is 0.00674 e. The molecule has 3 heteroatoms. The van der Waals surface area contributed by atoms with Gasteiger partial charge in [-0.15, -0.1) is 35.4 Å². The van der Waals surface area contributed by atoms with Gasteiger partial charge in [-0.25, -0.2) is 0 Å². The summed E-state index contributed by atoms with van der Waals surface area (Å²) in [5, 5.41) is 3.30. The summed E-state index contributed by atoms with van der Waals surface area (Å²) in [6, 6.07) is 9.00. The number of benzene rings is 1. The molecule has 1 heterocycles. The van der Waals surface area contributed by atoms with Crippen molar-refractivity contribution in [1.82, 2.24) is 5.32 Å². The fraction of sp³-hybridized carbons (Fsp3) is 0.286. The number of allylic oxidation sites excluding steroid dienone is 3. The Morgan fingerprint density at radius 3 is 2.88 bits per heavy atom. The van der Waals surface area contributed by atoms with Crippen LogP contribution in [0.25, 0.3) is 5.57 Å². The van der Waals surface area contributed by atoms with E-state index in [2.05, 4.69) is 30.6 Å². The van der Waals surface area contributed by atoms with Crippen molar-refractivity contribution in [1.29, 1.82) is 0 Å². The molecule has 1 aliphatic rings. The van der Waals surface area contributed by atoms with Gasteiger partial charge in [0.25, 0.3) is 0 Å². The van der Waals surface area contributed by atoms with Crippen LogP contribution in [0.15, 0.2) is 36.2 Å². The SMILES string of the molecule is CC1=CCCCC(c2[c-]cc(N)cc2)=CN1.[Zn]. The van der Waals surface area contributed by atoms with Gasteiger partial charge < -0.3 is 11.1 Å². The average molecular weight is 279 g/mol. The Labute approximate surface area is 116 Å². The van der Waals surface area contributed by atoms with E-state index < -0.39 is 0 Å². The van der Waals surface area contributed by atoms with Crippen LogP contribution in [-0.2, 0) is 19.5 Å². The molecule has 0 spiro atoms. The number of anilines is 1. The fourth-order valence-electron chi connectivity index (χ4n) is 1.79. The van der Waals surface area contributed by atoms with Crippen molar-refractivity contribution < 1.29 is 19.5 Å². The summed E-state index contributed by atoms with van der Waals surface area (Å²) in [4.78, 5) is 0. The minimum atomic E-state index is 0. The van der Waals surface area contributed by atoms with Crippen molar-refractivity contribution in [3.8, 4) is 0 Å². The van der Waals surface area contributed by atoms with Crippen LogP contribution < -0.4 is 11.1 Å². The standard InChI is InChI=1S/C14H17N2.Zn/c1-11-4-2-3-5-13(10-16-11)12-6-8-14(15)9-7-12;/h4,6,8-10,16H,2-3,5,15H2,1H3;/q-1;. The van der Waals surface area contributed by atoms with Crippen LogP contribution in [-0.4, -0.2) is 0 Å². The molecule has 0 saturated heterocycles. The molecule has 0 aliphatic carbocycles. The summed E-state index contributed by atoms with van der Waals surface area (Å²) < 4.78 is 0. The average Bonchev–Trinajstić information content (AvgIpc) is 2.26. The van der Waals surface area contributed by atoms with E-state index in [9.17, 15) is 0 Å². The number of rotatable bonds is 1. The molecule has 1 aromatic rings. The summed E-state index contributed by atoms with van der Waals surface area (Å²) in [7, 11) is 0. The minimum Gasteiger partial charge on any atom is -0.436 e. The summed E-state index contributed by atoms with van der Waals surface area (Å²) in [5.41, 5.74) is 10.1. The first-order chi connectivity index (χ1) is 7.75. The maximum atomic E-state index is 5.66. The predicted molar refractivity (Wildman–Crippen MR) is 68.4 cm³/mol. The van der Waals surface area contributed by atoms with Gasteiger partial charge in [0.15, 0.2) is 0 Å². The molecule has 17 heavy (non-hydrogen) atoms. The summed E-state index contributed by atoms with van der Waals surface area (Å²) in [5.74, 6) is 0.